The SMILES string of the molecule is CCN(CC)c1ccc(C=NNS(=O)(=O)c2ccc(CNC(C)=O)cc2)cc1. The van der Waals surface area contributed by atoms with Gasteiger partial charge in [0.05, 0.1) is 11.1 Å². The predicted molar refractivity (Wildman–Crippen MR) is 112 cm³/mol. The number of amides is 1. The molecule has 1 amide bonds. The van der Waals surface area contributed by atoms with E-state index in [1.807, 2.05) is 24.3 Å². The number of sulfonamides is 1. The number of nitrogens with one attached hydrogen (secondary N) is 2. The zero-order valence-electron chi connectivity index (χ0n) is 16.3. The predicted octanol–water partition coefficient (Wildman–Crippen LogP) is 2.48. The monoisotopic (exact) mass is 402 g/mol. The molecule has 2 N–H and O–H groups in total. The minimum Gasteiger partial charge on any atom is -0.372 e. The van der Waals surface area contributed by atoms with Crippen LogP contribution in [-0.2, 0) is 21.4 Å². The van der Waals surface area contributed by atoms with Crippen molar-refractivity contribution in [2.24, 2.45) is 5.10 Å². The Morgan fingerprint density at radius 1 is 1.04 bits per heavy atom. The lowest BCUT2D eigenvalue weighted by atomic mass is 10.2. The molecule has 0 fully saturated rings. The van der Waals surface area contributed by atoms with Crippen LogP contribution in [0.25, 0.3) is 0 Å². The Kier molecular flexibility index (Phi) is 7.57. The van der Waals surface area contributed by atoms with Crippen molar-refractivity contribution in [2.45, 2.75) is 32.2 Å². The molecule has 0 aliphatic carbocycles. The van der Waals surface area contributed by atoms with Gasteiger partial charge in [0, 0.05) is 32.2 Å². The lowest BCUT2D eigenvalue weighted by Gasteiger charge is -2.20. The average molecular weight is 403 g/mol. The molecule has 0 aliphatic heterocycles. The number of rotatable bonds is 9. The molecule has 150 valence electrons. The molecule has 0 radical (unpaired) electrons. The van der Waals surface area contributed by atoms with Crippen LogP contribution in [0.3, 0.4) is 0 Å². The number of hydrogen-bond donors (Lipinski definition) is 2. The van der Waals surface area contributed by atoms with Crippen LogP contribution < -0.4 is 15.0 Å². The summed E-state index contributed by atoms with van der Waals surface area (Å²) >= 11 is 0. The molecule has 2 aromatic carbocycles. The molecule has 0 saturated carbocycles. The third kappa shape index (κ3) is 6.09. The molecule has 2 aromatic rings. The van der Waals surface area contributed by atoms with Crippen molar-refractivity contribution in [3.8, 4) is 0 Å². The zero-order chi connectivity index (χ0) is 20.6. The summed E-state index contributed by atoms with van der Waals surface area (Å²) in [5.74, 6) is -0.141. The van der Waals surface area contributed by atoms with E-state index in [0.29, 0.717) is 6.54 Å². The van der Waals surface area contributed by atoms with Crippen LogP contribution in [0.2, 0.25) is 0 Å². The maximum atomic E-state index is 12.3. The summed E-state index contributed by atoms with van der Waals surface area (Å²) in [7, 11) is -3.75. The van der Waals surface area contributed by atoms with E-state index in [4.69, 9.17) is 0 Å². The second-order valence-corrected chi connectivity index (χ2v) is 7.83. The molecule has 0 saturated heterocycles. The lowest BCUT2D eigenvalue weighted by Crippen LogP contribution is -2.21. The van der Waals surface area contributed by atoms with E-state index < -0.39 is 10.0 Å². The Morgan fingerprint density at radius 2 is 1.64 bits per heavy atom. The molecule has 7 nitrogen and oxygen atoms in total. The van der Waals surface area contributed by atoms with Crippen LogP contribution in [0.1, 0.15) is 31.9 Å². The van der Waals surface area contributed by atoms with Gasteiger partial charge < -0.3 is 10.2 Å². The van der Waals surface area contributed by atoms with Crippen LogP contribution in [0.5, 0.6) is 0 Å². The molecule has 0 aliphatic rings. The van der Waals surface area contributed by atoms with Crippen molar-refractivity contribution in [1.29, 1.82) is 0 Å². The van der Waals surface area contributed by atoms with Gasteiger partial charge in [0.2, 0.25) is 5.91 Å². The van der Waals surface area contributed by atoms with E-state index in [0.717, 1.165) is 29.9 Å². The van der Waals surface area contributed by atoms with Gasteiger partial charge in [0.15, 0.2) is 0 Å². The summed E-state index contributed by atoms with van der Waals surface area (Å²) in [5, 5.41) is 6.51. The van der Waals surface area contributed by atoms with Gasteiger partial charge in [-0.2, -0.15) is 13.5 Å². The van der Waals surface area contributed by atoms with Gasteiger partial charge in [-0.25, -0.2) is 4.83 Å². The van der Waals surface area contributed by atoms with Crippen LogP contribution >= 0.6 is 0 Å². The fourth-order valence-corrected chi connectivity index (χ4v) is 3.39. The van der Waals surface area contributed by atoms with E-state index in [1.165, 1.54) is 25.3 Å². The van der Waals surface area contributed by atoms with Crippen LogP contribution in [-0.4, -0.2) is 33.6 Å². The van der Waals surface area contributed by atoms with Crippen molar-refractivity contribution in [1.82, 2.24) is 10.1 Å². The van der Waals surface area contributed by atoms with E-state index in [9.17, 15) is 13.2 Å². The second-order valence-electron chi connectivity index (χ2n) is 6.17. The second kappa shape index (κ2) is 9.89. The number of hydrogen-bond acceptors (Lipinski definition) is 5. The van der Waals surface area contributed by atoms with Crippen molar-refractivity contribution >= 4 is 27.8 Å². The van der Waals surface area contributed by atoms with Gasteiger partial charge in [-0.15, -0.1) is 0 Å². The van der Waals surface area contributed by atoms with E-state index >= 15 is 0 Å². The number of anilines is 1. The molecular weight excluding hydrogens is 376 g/mol. The van der Waals surface area contributed by atoms with Crippen molar-refractivity contribution < 1.29 is 13.2 Å². The Morgan fingerprint density at radius 3 is 2.18 bits per heavy atom. The zero-order valence-corrected chi connectivity index (χ0v) is 17.2. The Labute approximate surface area is 166 Å². The number of hydrazone groups is 1. The molecule has 0 aromatic heterocycles. The van der Waals surface area contributed by atoms with Crippen LogP contribution in [0.15, 0.2) is 58.5 Å². The Balaban J connectivity index is 1.99. The molecule has 0 spiro atoms. The minimum absolute atomic E-state index is 0.105. The minimum atomic E-state index is -3.75. The van der Waals surface area contributed by atoms with Gasteiger partial charge in [0.1, 0.15) is 0 Å². The normalized spacial score (nSPS) is 11.4. The summed E-state index contributed by atoms with van der Waals surface area (Å²) in [4.78, 5) is 15.5. The van der Waals surface area contributed by atoms with Crippen LogP contribution in [0, 0.1) is 0 Å². The highest BCUT2D eigenvalue weighted by molar-refractivity contribution is 7.89. The average Bonchev–Trinajstić information content (AvgIpc) is 2.68. The number of carbonyl (C=O) groups is 1. The summed E-state index contributed by atoms with van der Waals surface area (Å²) in [6, 6.07) is 14.0. The quantitative estimate of drug-likeness (QED) is 0.498. The van der Waals surface area contributed by atoms with E-state index in [1.54, 1.807) is 12.1 Å². The summed E-state index contributed by atoms with van der Waals surface area (Å²) < 4.78 is 24.6. The molecule has 2 rings (SSSR count). The van der Waals surface area contributed by atoms with Gasteiger partial charge in [-0.05, 0) is 49.2 Å². The molecular formula is C20H26N4O3S. The van der Waals surface area contributed by atoms with Gasteiger partial charge in [0.25, 0.3) is 10.0 Å². The first kappa shape index (κ1) is 21.4. The molecule has 0 atom stereocenters. The van der Waals surface area contributed by atoms with E-state index in [-0.39, 0.29) is 10.8 Å². The topological polar surface area (TPSA) is 90.9 Å². The standard InChI is InChI=1S/C20H26N4O3S/c1-4-24(5-2)19-10-6-18(7-11-19)15-22-23-28(26,27)20-12-8-17(9-13-20)14-21-16(3)25/h6-13,15,23H,4-5,14H2,1-3H3,(H,21,25). The Bertz CT molecular complexity index is 903. The number of nitrogens with zero attached hydrogens (tertiary/aromatic N) is 2. The first-order valence-electron chi connectivity index (χ1n) is 9.09. The third-order valence-corrected chi connectivity index (χ3v) is 5.42. The van der Waals surface area contributed by atoms with Crippen LogP contribution in [0.4, 0.5) is 5.69 Å². The highest BCUT2D eigenvalue weighted by Gasteiger charge is 2.12. The first-order valence-corrected chi connectivity index (χ1v) is 10.6. The van der Waals surface area contributed by atoms with Gasteiger partial charge in [-0.3, -0.25) is 4.79 Å². The smallest absolute Gasteiger partial charge is 0.276 e. The number of carbonyl (C=O) groups excluding carboxylic acids is 1. The highest BCUT2D eigenvalue weighted by Crippen LogP contribution is 2.14. The largest absolute Gasteiger partial charge is 0.372 e. The molecule has 0 heterocycles. The highest BCUT2D eigenvalue weighted by atomic mass is 32.2. The molecule has 0 bridgehead atoms. The van der Waals surface area contributed by atoms with Crippen molar-refractivity contribution in [3.63, 3.8) is 0 Å². The fourth-order valence-electron chi connectivity index (χ4n) is 2.60. The number of benzene rings is 2. The van der Waals surface area contributed by atoms with Crippen molar-refractivity contribution in [2.75, 3.05) is 18.0 Å². The maximum Gasteiger partial charge on any atom is 0.276 e. The van der Waals surface area contributed by atoms with Gasteiger partial charge >= 0.3 is 0 Å². The molecule has 28 heavy (non-hydrogen) atoms. The summed E-state index contributed by atoms with van der Waals surface area (Å²) in [5.41, 5.74) is 2.72. The lowest BCUT2D eigenvalue weighted by molar-refractivity contribution is -0.119. The summed E-state index contributed by atoms with van der Waals surface area (Å²) in [6.07, 6.45) is 1.47. The summed E-state index contributed by atoms with van der Waals surface area (Å²) in [6.45, 7) is 7.82. The third-order valence-electron chi connectivity index (χ3n) is 4.18. The first-order chi connectivity index (χ1) is 13.4. The Hall–Kier alpha value is -2.87. The van der Waals surface area contributed by atoms with Gasteiger partial charge in [-0.1, -0.05) is 24.3 Å². The molecule has 0 unspecified atom stereocenters. The molecule has 8 heteroatoms. The maximum absolute atomic E-state index is 12.3. The fraction of sp³-hybridized carbons (Fsp3) is 0.300. The van der Waals surface area contributed by atoms with E-state index in [2.05, 4.69) is 34.0 Å². The van der Waals surface area contributed by atoms with Crippen molar-refractivity contribution in [3.05, 3.63) is 59.7 Å².